The first kappa shape index (κ1) is 22.3. The van der Waals surface area contributed by atoms with Gasteiger partial charge in [0.25, 0.3) is 0 Å². The molecule has 0 bridgehead atoms. The highest BCUT2D eigenvalue weighted by Gasteiger charge is 2.19. The van der Waals surface area contributed by atoms with E-state index in [0.29, 0.717) is 0 Å². The van der Waals surface area contributed by atoms with Gasteiger partial charge in [-0.25, -0.2) is 0 Å². The van der Waals surface area contributed by atoms with Crippen LogP contribution in [0.4, 0.5) is 0 Å². The minimum absolute atomic E-state index is 1.12. The van der Waals surface area contributed by atoms with Crippen LogP contribution < -0.4 is 0 Å². The van der Waals surface area contributed by atoms with Gasteiger partial charge in [-0.15, -0.1) is 0 Å². The number of halogens is 2. The third-order valence-electron chi connectivity index (χ3n) is 7.96. The lowest BCUT2D eigenvalue weighted by Gasteiger charge is -2.19. The van der Waals surface area contributed by atoms with Crippen LogP contribution in [0.15, 0.2) is 130 Å². The Morgan fingerprint density at radius 3 is 1.18 bits per heavy atom. The fraction of sp³-hybridized carbons (Fsp3) is 0. The maximum Gasteiger partial charge on any atom is 0.0260 e. The van der Waals surface area contributed by atoms with Crippen molar-refractivity contribution in [3.8, 4) is 22.3 Å². The Labute approximate surface area is 237 Å². The Balaban J connectivity index is 1.54. The van der Waals surface area contributed by atoms with E-state index in [9.17, 15) is 0 Å². The molecule has 0 atom stereocenters. The second kappa shape index (κ2) is 8.39. The lowest BCUT2D eigenvalue weighted by atomic mass is 9.86. The average molecular weight is 612 g/mol. The fourth-order valence-corrected chi connectivity index (χ4v) is 7.39. The SMILES string of the molecule is Brc1cc(-c2cccc3ccccc23)c2ccc3c(Br)cc(-c4cccc5ccccc45)c4ccc1c2c34. The van der Waals surface area contributed by atoms with Crippen LogP contribution in [-0.4, -0.2) is 0 Å². The minimum Gasteiger partial charge on any atom is -0.0616 e. The Hall–Kier alpha value is -3.72. The lowest BCUT2D eigenvalue weighted by molar-refractivity contribution is 1.66. The summed E-state index contributed by atoms with van der Waals surface area (Å²) in [7, 11) is 0. The molecule has 0 saturated heterocycles. The molecule has 0 nitrogen and oxygen atoms in total. The molecular formula is C36H20Br2. The van der Waals surface area contributed by atoms with Gasteiger partial charge in [0.1, 0.15) is 0 Å². The molecule has 0 unspecified atom stereocenters. The summed E-state index contributed by atoms with van der Waals surface area (Å²) in [5.74, 6) is 0. The summed E-state index contributed by atoms with van der Waals surface area (Å²) in [4.78, 5) is 0. The van der Waals surface area contributed by atoms with Gasteiger partial charge in [0, 0.05) is 8.95 Å². The number of hydrogen-bond acceptors (Lipinski definition) is 0. The molecule has 0 amide bonds. The summed E-state index contributed by atoms with van der Waals surface area (Å²) in [5.41, 5.74) is 5.02. The van der Waals surface area contributed by atoms with Gasteiger partial charge in [0.05, 0.1) is 0 Å². The van der Waals surface area contributed by atoms with Gasteiger partial charge in [0.15, 0.2) is 0 Å². The summed E-state index contributed by atoms with van der Waals surface area (Å²) in [6, 6.07) is 44.3. The molecule has 0 heterocycles. The predicted molar refractivity (Wildman–Crippen MR) is 171 cm³/mol. The molecule has 38 heavy (non-hydrogen) atoms. The molecule has 0 spiro atoms. The monoisotopic (exact) mass is 610 g/mol. The Bertz CT molecular complexity index is 2040. The van der Waals surface area contributed by atoms with Crippen LogP contribution in [0.2, 0.25) is 0 Å². The first-order chi connectivity index (χ1) is 18.7. The molecule has 0 aliphatic heterocycles. The Morgan fingerprint density at radius 1 is 0.316 bits per heavy atom. The zero-order valence-corrected chi connectivity index (χ0v) is 23.5. The molecular weight excluding hydrogens is 592 g/mol. The zero-order valence-electron chi connectivity index (χ0n) is 20.3. The molecule has 8 aromatic carbocycles. The summed E-state index contributed by atoms with van der Waals surface area (Å²) >= 11 is 7.91. The number of benzene rings is 8. The van der Waals surface area contributed by atoms with Gasteiger partial charge in [-0.3, -0.25) is 0 Å². The molecule has 0 aliphatic carbocycles. The normalized spacial score (nSPS) is 11.9. The van der Waals surface area contributed by atoms with Gasteiger partial charge in [-0.2, -0.15) is 0 Å². The molecule has 0 fully saturated rings. The summed E-state index contributed by atoms with van der Waals surface area (Å²) in [6.45, 7) is 0. The van der Waals surface area contributed by atoms with Crippen LogP contribution in [0, 0.1) is 0 Å². The third-order valence-corrected chi connectivity index (χ3v) is 9.27. The van der Waals surface area contributed by atoms with Crippen molar-refractivity contribution >= 4 is 85.7 Å². The van der Waals surface area contributed by atoms with Crippen LogP contribution in [0.1, 0.15) is 0 Å². The van der Waals surface area contributed by atoms with E-state index in [1.165, 1.54) is 76.1 Å². The maximum absolute atomic E-state index is 3.96. The molecule has 0 aromatic heterocycles. The van der Waals surface area contributed by atoms with Crippen LogP contribution >= 0.6 is 31.9 Å². The predicted octanol–water partition coefficient (Wildman–Crippen LogP) is 11.7. The number of hydrogen-bond donors (Lipinski definition) is 0. The number of fused-ring (bicyclic) bond motifs is 2. The van der Waals surface area contributed by atoms with Crippen molar-refractivity contribution in [2.75, 3.05) is 0 Å². The summed E-state index contributed by atoms with van der Waals surface area (Å²) in [6.07, 6.45) is 0. The molecule has 0 N–H and O–H groups in total. The van der Waals surface area contributed by atoms with E-state index in [2.05, 4.69) is 153 Å². The molecule has 0 radical (unpaired) electrons. The van der Waals surface area contributed by atoms with Crippen LogP contribution in [0.5, 0.6) is 0 Å². The van der Waals surface area contributed by atoms with Crippen LogP contribution in [0.25, 0.3) is 76.1 Å². The van der Waals surface area contributed by atoms with Crippen molar-refractivity contribution in [3.05, 3.63) is 130 Å². The highest BCUT2D eigenvalue weighted by Crippen LogP contribution is 2.48. The van der Waals surface area contributed by atoms with E-state index in [1.807, 2.05) is 0 Å². The van der Waals surface area contributed by atoms with Crippen molar-refractivity contribution in [2.24, 2.45) is 0 Å². The number of rotatable bonds is 2. The van der Waals surface area contributed by atoms with E-state index in [1.54, 1.807) is 0 Å². The van der Waals surface area contributed by atoms with E-state index >= 15 is 0 Å². The molecule has 0 aliphatic rings. The second-order valence-electron chi connectivity index (χ2n) is 9.94. The highest BCUT2D eigenvalue weighted by molar-refractivity contribution is 9.11. The highest BCUT2D eigenvalue weighted by atomic mass is 79.9. The van der Waals surface area contributed by atoms with E-state index < -0.39 is 0 Å². The standard InChI is InChI=1S/C36H20Br2/c37-33-19-31(25-13-5-9-21-7-1-3-11-23(21)25)27-15-17-30-34(38)20-32(28-16-18-29(33)35(27)36(28)30)26-14-6-10-22-8-2-4-12-24(22)26/h1-20H. The quantitative estimate of drug-likeness (QED) is 0.171. The van der Waals surface area contributed by atoms with Crippen molar-refractivity contribution in [1.29, 1.82) is 0 Å². The van der Waals surface area contributed by atoms with Crippen molar-refractivity contribution in [3.63, 3.8) is 0 Å². The summed E-state index contributed by atoms with van der Waals surface area (Å²) < 4.78 is 2.24. The third kappa shape index (κ3) is 3.14. The first-order valence-corrected chi connectivity index (χ1v) is 14.3. The van der Waals surface area contributed by atoms with Crippen LogP contribution in [0.3, 0.4) is 0 Å². The lowest BCUT2D eigenvalue weighted by Crippen LogP contribution is -1.92. The average Bonchev–Trinajstić information content (AvgIpc) is 2.97. The van der Waals surface area contributed by atoms with Crippen molar-refractivity contribution in [2.45, 2.75) is 0 Å². The smallest absolute Gasteiger partial charge is 0.0260 e. The van der Waals surface area contributed by atoms with Gasteiger partial charge >= 0.3 is 0 Å². The summed E-state index contributed by atoms with van der Waals surface area (Å²) in [5, 5.41) is 12.7. The van der Waals surface area contributed by atoms with Gasteiger partial charge < -0.3 is 0 Å². The van der Waals surface area contributed by atoms with Crippen molar-refractivity contribution in [1.82, 2.24) is 0 Å². The molecule has 8 aromatic rings. The van der Waals surface area contributed by atoms with Crippen LogP contribution in [-0.2, 0) is 0 Å². The zero-order chi connectivity index (χ0) is 25.4. The molecule has 8 rings (SSSR count). The second-order valence-corrected chi connectivity index (χ2v) is 11.6. The van der Waals surface area contributed by atoms with Gasteiger partial charge in [-0.1, -0.05) is 141 Å². The minimum atomic E-state index is 1.12. The van der Waals surface area contributed by atoms with Gasteiger partial charge in [0.2, 0.25) is 0 Å². The Kier molecular flexibility index (Phi) is 4.92. The Morgan fingerprint density at radius 2 is 0.711 bits per heavy atom. The van der Waals surface area contributed by atoms with E-state index in [-0.39, 0.29) is 0 Å². The molecule has 2 heteroatoms. The van der Waals surface area contributed by atoms with Gasteiger partial charge in [-0.05, 0) is 88.2 Å². The fourth-order valence-electron chi connectivity index (χ4n) is 6.27. The maximum atomic E-state index is 3.96. The molecule has 178 valence electrons. The van der Waals surface area contributed by atoms with Crippen molar-refractivity contribution < 1.29 is 0 Å². The van der Waals surface area contributed by atoms with E-state index in [4.69, 9.17) is 0 Å². The molecule has 0 saturated carbocycles. The first-order valence-electron chi connectivity index (χ1n) is 12.7. The topological polar surface area (TPSA) is 0 Å². The van der Waals surface area contributed by atoms with E-state index in [0.717, 1.165) is 8.95 Å². The largest absolute Gasteiger partial charge is 0.0616 e.